The first-order valence-electron chi connectivity index (χ1n) is 14.8. The number of allylic oxidation sites excluding steroid dienone is 4. The molecule has 1 aliphatic rings. The molecular formula is C36H40F4. The summed E-state index contributed by atoms with van der Waals surface area (Å²) in [7, 11) is 0. The molecule has 4 rings (SSSR count). The molecule has 4 heteroatoms. The van der Waals surface area contributed by atoms with Gasteiger partial charge in [0.2, 0.25) is 0 Å². The Morgan fingerprint density at radius 2 is 1.23 bits per heavy atom. The summed E-state index contributed by atoms with van der Waals surface area (Å²) in [6, 6.07) is 13.0. The lowest BCUT2D eigenvalue weighted by atomic mass is 9.85. The molecule has 1 atom stereocenters. The van der Waals surface area contributed by atoms with Gasteiger partial charge in [-0.1, -0.05) is 112 Å². The van der Waals surface area contributed by atoms with Crippen LogP contribution in [-0.2, 0) is 6.42 Å². The van der Waals surface area contributed by atoms with Crippen molar-refractivity contribution in [2.45, 2.75) is 84.5 Å². The van der Waals surface area contributed by atoms with Gasteiger partial charge in [-0.3, -0.25) is 0 Å². The van der Waals surface area contributed by atoms with Crippen LogP contribution in [0.3, 0.4) is 0 Å². The average Bonchev–Trinajstić information content (AvgIpc) is 2.97. The molecule has 0 saturated carbocycles. The van der Waals surface area contributed by atoms with Crippen molar-refractivity contribution in [3.8, 4) is 22.3 Å². The van der Waals surface area contributed by atoms with Gasteiger partial charge in [0.05, 0.1) is 0 Å². The predicted octanol–water partition coefficient (Wildman–Crippen LogP) is 11.6. The molecule has 212 valence electrons. The maximum Gasteiger partial charge on any atom is 0.167 e. The molecule has 0 saturated heterocycles. The van der Waals surface area contributed by atoms with Crippen LogP contribution in [0, 0.1) is 29.2 Å². The Labute approximate surface area is 236 Å². The van der Waals surface area contributed by atoms with Gasteiger partial charge in [0.25, 0.3) is 0 Å². The van der Waals surface area contributed by atoms with Crippen molar-refractivity contribution in [3.63, 3.8) is 0 Å². The lowest BCUT2D eigenvalue weighted by Crippen LogP contribution is -2.05. The molecule has 0 bridgehead atoms. The number of halogens is 4. The van der Waals surface area contributed by atoms with Gasteiger partial charge >= 0.3 is 0 Å². The molecule has 0 aromatic heterocycles. The van der Waals surface area contributed by atoms with E-state index >= 15 is 8.78 Å². The van der Waals surface area contributed by atoms with E-state index in [1.165, 1.54) is 25.7 Å². The number of hydrogen-bond donors (Lipinski definition) is 0. The molecular weight excluding hydrogens is 508 g/mol. The van der Waals surface area contributed by atoms with Gasteiger partial charge in [0.1, 0.15) is 0 Å². The Morgan fingerprint density at radius 1 is 0.675 bits per heavy atom. The van der Waals surface area contributed by atoms with Crippen molar-refractivity contribution in [2.24, 2.45) is 5.92 Å². The van der Waals surface area contributed by atoms with Crippen molar-refractivity contribution in [2.75, 3.05) is 0 Å². The number of benzene rings is 3. The highest BCUT2D eigenvalue weighted by Crippen LogP contribution is 2.36. The molecule has 1 unspecified atom stereocenters. The largest absolute Gasteiger partial charge is 0.203 e. The van der Waals surface area contributed by atoms with Gasteiger partial charge < -0.3 is 0 Å². The van der Waals surface area contributed by atoms with Gasteiger partial charge in [-0.2, -0.15) is 0 Å². The minimum atomic E-state index is -0.895. The van der Waals surface area contributed by atoms with Gasteiger partial charge in [0.15, 0.2) is 23.3 Å². The average molecular weight is 549 g/mol. The topological polar surface area (TPSA) is 0 Å². The highest BCUT2D eigenvalue weighted by Gasteiger charge is 2.21. The number of unbranched alkanes of at least 4 members (excludes halogenated alkanes) is 6. The molecule has 0 spiro atoms. The third kappa shape index (κ3) is 7.13. The van der Waals surface area contributed by atoms with E-state index in [9.17, 15) is 8.78 Å². The van der Waals surface area contributed by atoms with Crippen LogP contribution in [0.15, 0.2) is 66.8 Å². The van der Waals surface area contributed by atoms with Crippen LogP contribution in [0.2, 0.25) is 0 Å². The summed E-state index contributed by atoms with van der Waals surface area (Å²) in [5.74, 6) is -2.97. The van der Waals surface area contributed by atoms with Crippen molar-refractivity contribution in [1.82, 2.24) is 0 Å². The summed E-state index contributed by atoms with van der Waals surface area (Å²) in [4.78, 5) is 0. The van der Waals surface area contributed by atoms with Crippen LogP contribution in [0.1, 0.15) is 89.2 Å². The van der Waals surface area contributed by atoms with E-state index in [1.807, 2.05) is 19.1 Å². The van der Waals surface area contributed by atoms with Crippen LogP contribution in [0.25, 0.3) is 27.8 Å². The van der Waals surface area contributed by atoms with Crippen molar-refractivity contribution < 1.29 is 17.6 Å². The van der Waals surface area contributed by atoms with Crippen LogP contribution in [-0.4, -0.2) is 0 Å². The van der Waals surface area contributed by atoms with Crippen molar-refractivity contribution in [3.05, 3.63) is 101 Å². The van der Waals surface area contributed by atoms with Gasteiger partial charge in [0, 0.05) is 16.7 Å². The Balaban J connectivity index is 1.45. The molecule has 40 heavy (non-hydrogen) atoms. The van der Waals surface area contributed by atoms with Gasteiger partial charge in [-0.05, 0) is 67.2 Å². The fourth-order valence-electron chi connectivity index (χ4n) is 5.67. The molecule has 0 heterocycles. The van der Waals surface area contributed by atoms with Crippen LogP contribution < -0.4 is 0 Å². The highest BCUT2D eigenvalue weighted by molar-refractivity contribution is 5.74. The Hall–Kier alpha value is -3.14. The SMILES string of the molecule is C/C=C/C1CC=C(c2ccc(-c3ccc(-c4ccc(CCCCCCCCC)c(F)c4F)cc3)c(F)c2F)CC1. The Bertz CT molecular complexity index is 1330. The minimum Gasteiger partial charge on any atom is -0.203 e. The molecule has 0 fully saturated rings. The van der Waals surface area contributed by atoms with Crippen LogP contribution >= 0.6 is 0 Å². The standard InChI is InChI=1S/C36H40F4/c1-3-5-6-7-8-9-10-12-29-21-22-30(34(38)33(29)37)27-17-19-28(20-18-27)32-24-23-31(35(39)36(32)40)26-15-13-25(11-4-2)14-16-26/h4,11,15,17-25H,3,5-10,12-14,16H2,1-2H3/b11-4+. The van der Waals surface area contributed by atoms with E-state index in [1.54, 1.807) is 48.5 Å². The zero-order valence-corrected chi connectivity index (χ0v) is 23.7. The zero-order chi connectivity index (χ0) is 28.5. The third-order valence-electron chi connectivity index (χ3n) is 8.06. The third-order valence-corrected chi connectivity index (χ3v) is 8.06. The van der Waals surface area contributed by atoms with Crippen molar-refractivity contribution >= 4 is 5.57 Å². The number of aryl methyl sites for hydroxylation is 1. The Kier molecular flexibility index (Phi) is 10.8. The van der Waals surface area contributed by atoms with E-state index < -0.39 is 23.3 Å². The van der Waals surface area contributed by atoms with E-state index in [0.29, 0.717) is 41.0 Å². The fraction of sp³-hybridized carbons (Fsp3) is 0.389. The van der Waals surface area contributed by atoms with E-state index in [4.69, 9.17) is 0 Å². The number of rotatable bonds is 12. The summed E-state index contributed by atoms with van der Waals surface area (Å²) >= 11 is 0. The molecule has 0 amide bonds. The zero-order valence-electron chi connectivity index (χ0n) is 23.7. The molecule has 3 aromatic rings. The second-order valence-electron chi connectivity index (χ2n) is 10.9. The summed E-state index contributed by atoms with van der Waals surface area (Å²) in [6.07, 6.45) is 17.0. The van der Waals surface area contributed by atoms with Gasteiger partial charge in [-0.25, -0.2) is 17.6 Å². The van der Waals surface area contributed by atoms with Gasteiger partial charge in [-0.15, -0.1) is 0 Å². The first kappa shape index (κ1) is 29.8. The van der Waals surface area contributed by atoms with E-state index in [-0.39, 0.29) is 11.1 Å². The van der Waals surface area contributed by atoms with Crippen LogP contribution in [0.5, 0.6) is 0 Å². The Morgan fingerprint density at radius 3 is 1.82 bits per heavy atom. The summed E-state index contributed by atoms with van der Waals surface area (Å²) < 4.78 is 60.1. The smallest absolute Gasteiger partial charge is 0.167 e. The normalized spacial score (nSPS) is 15.6. The molecule has 0 radical (unpaired) electrons. The minimum absolute atomic E-state index is 0.146. The molecule has 0 aliphatic heterocycles. The van der Waals surface area contributed by atoms with Crippen molar-refractivity contribution in [1.29, 1.82) is 0 Å². The monoisotopic (exact) mass is 548 g/mol. The second kappa shape index (κ2) is 14.5. The second-order valence-corrected chi connectivity index (χ2v) is 10.9. The van der Waals surface area contributed by atoms with E-state index in [2.05, 4.69) is 13.0 Å². The molecule has 0 nitrogen and oxygen atoms in total. The first-order chi connectivity index (χ1) is 19.4. The first-order valence-corrected chi connectivity index (χ1v) is 14.8. The molecule has 3 aromatic carbocycles. The fourth-order valence-corrected chi connectivity index (χ4v) is 5.67. The maximum absolute atomic E-state index is 15.2. The number of hydrogen-bond acceptors (Lipinski definition) is 0. The predicted molar refractivity (Wildman–Crippen MR) is 159 cm³/mol. The summed E-state index contributed by atoms with van der Waals surface area (Å²) in [5, 5.41) is 0. The lowest BCUT2D eigenvalue weighted by Gasteiger charge is -2.20. The van der Waals surface area contributed by atoms with Crippen LogP contribution in [0.4, 0.5) is 17.6 Å². The summed E-state index contributed by atoms with van der Waals surface area (Å²) in [6.45, 7) is 4.17. The maximum atomic E-state index is 15.2. The quantitative estimate of drug-likeness (QED) is 0.120. The lowest BCUT2D eigenvalue weighted by molar-refractivity contribution is 0.497. The molecule has 1 aliphatic carbocycles. The highest BCUT2D eigenvalue weighted by atomic mass is 19.2. The van der Waals surface area contributed by atoms with E-state index in [0.717, 1.165) is 37.7 Å². The summed E-state index contributed by atoms with van der Waals surface area (Å²) in [5.41, 5.74) is 2.83. The molecule has 0 N–H and O–H groups in total.